The lowest BCUT2D eigenvalue weighted by Crippen LogP contribution is -2.23. The van der Waals surface area contributed by atoms with Crippen LogP contribution in [0.4, 0.5) is 0 Å². The van der Waals surface area contributed by atoms with Crippen LogP contribution in [0.3, 0.4) is 0 Å². The topological polar surface area (TPSA) is 34.9 Å². The van der Waals surface area contributed by atoms with Gasteiger partial charge in [0.25, 0.3) is 5.56 Å². The molecule has 0 bridgehead atoms. The number of halogens is 2. The molecule has 0 spiro atoms. The third-order valence-corrected chi connectivity index (χ3v) is 2.32. The standard InChI is InChI=1S/C9H8Cl2N2O/c1-2-3-4-5-13-9(14)8(11)7(10)6-12-13/h6H,4-5H2,1H3. The van der Waals surface area contributed by atoms with Crippen LogP contribution in [0.2, 0.25) is 10.0 Å². The highest BCUT2D eigenvalue weighted by molar-refractivity contribution is 6.41. The molecular weight excluding hydrogens is 223 g/mol. The molecule has 0 radical (unpaired) electrons. The van der Waals surface area contributed by atoms with E-state index < -0.39 is 0 Å². The Labute approximate surface area is 91.6 Å². The van der Waals surface area contributed by atoms with Crippen LogP contribution in [0.5, 0.6) is 0 Å². The summed E-state index contributed by atoms with van der Waals surface area (Å²) in [4.78, 5) is 11.4. The van der Waals surface area contributed by atoms with Gasteiger partial charge in [-0.2, -0.15) is 5.10 Å². The molecule has 1 aromatic heterocycles. The largest absolute Gasteiger partial charge is 0.287 e. The van der Waals surface area contributed by atoms with Crippen LogP contribution in [0, 0.1) is 11.8 Å². The Hall–Kier alpha value is -0.980. The second-order valence-electron chi connectivity index (χ2n) is 2.51. The van der Waals surface area contributed by atoms with E-state index >= 15 is 0 Å². The summed E-state index contributed by atoms with van der Waals surface area (Å²) in [6.07, 6.45) is 1.92. The van der Waals surface area contributed by atoms with Gasteiger partial charge in [-0.05, 0) is 6.92 Å². The maximum Gasteiger partial charge on any atom is 0.287 e. The van der Waals surface area contributed by atoms with Crippen LogP contribution >= 0.6 is 23.2 Å². The fourth-order valence-corrected chi connectivity index (χ4v) is 1.16. The van der Waals surface area contributed by atoms with Crippen LogP contribution in [0.15, 0.2) is 11.0 Å². The molecule has 3 nitrogen and oxygen atoms in total. The zero-order chi connectivity index (χ0) is 10.6. The number of hydrogen-bond donors (Lipinski definition) is 0. The molecule has 1 heterocycles. The highest BCUT2D eigenvalue weighted by atomic mass is 35.5. The molecule has 0 aliphatic heterocycles. The number of aromatic nitrogens is 2. The Morgan fingerprint density at radius 3 is 2.93 bits per heavy atom. The molecule has 0 aliphatic rings. The van der Waals surface area contributed by atoms with Crippen molar-refractivity contribution in [3.8, 4) is 11.8 Å². The molecular formula is C9H8Cl2N2O. The predicted molar refractivity (Wildman–Crippen MR) is 56.6 cm³/mol. The molecule has 0 N–H and O–H groups in total. The van der Waals surface area contributed by atoms with Crippen molar-refractivity contribution in [2.45, 2.75) is 19.9 Å². The fourth-order valence-electron chi connectivity index (χ4n) is 0.891. The molecule has 0 atom stereocenters. The monoisotopic (exact) mass is 230 g/mol. The first-order chi connectivity index (χ1) is 6.66. The van der Waals surface area contributed by atoms with Crippen LogP contribution in [-0.2, 0) is 6.54 Å². The minimum Gasteiger partial charge on any atom is -0.266 e. The van der Waals surface area contributed by atoms with Gasteiger partial charge in [0.2, 0.25) is 0 Å². The van der Waals surface area contributed by atoms with Gasteiger partial charge >= 0.3 is 0 Å². The van der Waals surface area contributed by atoms with Gasteiger partial charge in [-0.15, -0.1) is 11.8 Å². The van der Waals surface area contributed by atoms with Crippen LogP contribution in [0.25, 0.3) is 0 Å². The highest BCUT2D eigenvalue weighted by Gasteiger charge is 2.05. The summed E-state index contributed by atoms with van der Waals surface area (Å²) in [5.74, 6) is 5.56. The first-order valence-electron chi connectivity index (χ1n) is 3.97. The van der Waals surface area contributed by atoms with E-state index in [4.69, 9.17) is 23.2 Å². The zero-order valence-corrected chi connectivity index (χ0v) is 9.06. The quantitative estimate of drug-likeness (QED) is 0.729. The van der Waals surface area contributed by atoms with E-state index in [0.717, 1.165) is 0 Å². The van der Waals surface area contributed by atoms with Gasteiger partial charge < -0.3 is 0 Å². The molecule has 0 aliphatic carbocycles. The Kier molecular flexibility index (Phi) is 3.99. The van der Waals surface area contributed by atoms with Gasteiger partial charge in [0.15, 0.2) is 0 Å². The zero-order valence-electron chi connectivity index (χ0n) is 7.55. The molecule has 0 aromatic carbocycles. The van der Waals surface area contributed by atoms with E-state index in [1.807, 2.05) is 0 Å². The normalized spacial score (nSPS) is 9.36. The molecule has 5 heteroatoms. The van der Waals surface area contributed by atoms with Crippen molar-refractivity contribution in [2.75, 3.05) is 0 Å². The molecule has 0 fully saturated rings. The van der Waals surface area contributed by atoms with Crippen molar-refractivity contribution in [3.63, 3.8) is 0 Å². The van der Waals surface area contributed by atoms with Gasteiger partial charge in [0, 0.05) is 6.42 Å². The minimum absolute atomic E-state index is 0.00567. The van der Waals surface area contributed by atoms with Crippen LogP contribution in [0.1, 0.15) is 13.3 Å². The lowest BCUT2D eigenvalue weighted by Gasteiger charge is -2.01. The second kappa shape index (κ2) is 5.04. The van der Waals surface area contributed by atoms with Gasteiger partial charge in [0.05, 0.1) is 17.8 Å². The van der Waals surface area contributed by atoms with Gasteiger partial charge in [-0.3, -0.25) is 4.79 Å². The summed E-state index contributed by atoms with van der Waals surface area (Å²) >= 11 is 11.3. The van der Waals surface area contributed by atoms with Crippen molar-refractivity contribution < 1.29 is 0 Å². The minimum atomic E-state index is -0.378. The molecule has 0 saturated carbocycles. The first kappa shape index (κ1) is 11.1. The average Bonchev–Trinajstić information content (AvgIpc) is 2.18. The number of hydrogen-bond acceptors (Lipinski definition) is 2. The van der Waals surface area contributed by atoms with E-state index in [1.54, 1.807) is 6.92 Å². The number of aryl methyl sites for hydroxylation is 1. The molecule has 0 amide bonds. The Morgan fingerprint density at radius 2 is 2.29 bits per heavy atom. The fraction of sp³-hybridized carbons (Fsp3) is 0.333. The summed E-state index contributed by atoms with van der Waals surface area (Å²) in [5.41, 5.74) is -0.378. The predicted octanol–water partition coefficient (Wildman–Crippen LogP) is 1.96. The average molecular weight is 231 g/mol. The molecule has 14 heavy (non-hydrogen) atoms. The Bertz CT molecular complexity index is 442. The molecule has 1 aromatic rings. The lowest BCUT2D eigenvalue weighted by atomic mass is 10.4. The van der Waals surface area contributed by atoms with Gasteiger partial charge in [-0.1, -0.05) is 23.2 Å². The third kappa shape index (κ3) is 2.50. The van der Waals surface area contributed by atoms with Crippen molar-refractivity contribution in [1.82, 2.24) is 9.78 Å². The van der Waals surface area contributed by atoms with E-state index in [9.17, 15) is 4.79 Å². The molecule has 1 rings (SSSR count). The summed E-state index contributed by atoms with van der Waals surface area (Å²) in [7, 11) is 0. The maximum atomic E-state index is 11.4. The van der Waals surface area contributed by atoms with Crippen molar-refractivity contribution in [2.24, 2.45) is 0 Å². The molecule has 0 unspecified atom stereocenters. The number of rotatable bonds is 2. The number of nitrogens with zero attached hydrogens (tertiary/aromatic N) is 2. The third-order valence-electron chi connectivity index (χ3n) is 1.57. The van der Waals surface area contributed by atoms with Gasteiger partial charge in [0.1, 0.15) is 5.02 Å². The van der Waals surface area contributed by atoms with E-state index in [2.05, 4.69) is 16.9 Å². The summed E-state index contributed by atoms with van der Waals surface area (Å²) in [5, 5.41) is 4.01. The highest BCUT2D eigenvalue weighted by Crippen LogP contribution is 2.14. The van der Waals surface area contributed by atoms with Gasteiger partial charge in [-0.25, -0.2) is 4.68 Å². The van der Waals surface area contributed by atoms with Crippen LogP contribution in [-0.4, -0.2) is 9.78 Å². The molecule has 74 valence electrons. The second-order valence-corrected chi connectivity index (χ2v) is 3.30. The van der Waals surface area contributed by atoms with E-state index in [1.165, 1.54) is 10.9 Å². The van der Waals surface area contributed by atoms with Crippen molar-refractivity contribution in [3.05, 3.63) is 26.6 Å². The SMILES string of the molecule is CC#CCCn1ncc(Cl)c(Cl)c1=O. The lowest BCUT2D eigenvalue weighted by molar-refractivity contribution is 0.590. The van der Waals surface area contributed by atoms with E-state index in [-0.39, 0.29) is 15.6 Å². The Morgan fingerprint density at radius 1 is 1.57 bits per heavy atom. The van der Waals surface area contributed by atoms with E-state index in [0.29, 0.717) is 13.0 Å². The molecule has 0 saturated heterocycles. The van der Waals surface area contributed by atoms with Crippen molar-refractivity contribution >= 4 is 23.2 Å². The van der Waals surface area contributed by atoms with Crippen LogP contribution < -0.4 is 5.56 Å². The smallest absolute Gasteiger partial charge is 0.266 e. The Balaban J connectivity index is 2.93. The maximum absolute atomic E-state index is 11.4. The summed E-state index contributed by atoms with van der Waals surface area (Å²) in [6, 6.07) is 0. The summed E-state index contributed by atoms with van der Waals surface area (Å²) < 4.78 is 1.25. The summed E-state index contributed by atoms with van der Waals surface area (Å²) in [6.45, 7) is 2.17. The first-order valence-corrected chi connectivity index (χ1v) is 4.73. The van der Waals surface area contributed by atoms with Crippen molar-refractivity contribution in [1.29, 1.82) is 0 Å².